The van der Waals surface area contributed by atoms with Crippen LogP contribution in [-0.2, 0) is 9.53 Å². The Morgan fingerprint density at radius 2 is 2.05 bits per heavy atom. The van der Waals surface area contributed by atoms with Crippen LogP contribution in [0.25, 0.3) is 0 Å². The van der Waals surface area contributed by atoms with Crippen molar-refractivity contribution in [3.05, 3.63) is 40.6 Å². The SMILES string of the molecule is CCOC(=O)C1=C(C)NC(=O)NC1c1ccc(C)cc1OC. The smallest absolute Gasteiger partial charge is 0.338 e. The van der Waals surface area contributed by atoms with Crippen LogP contribution in [0.15, 0.2) is 29.5 Å². The van der Waals surface area contributed by atoms with E-state index in [9.17, 15) is 9.59 Å². The number of benzene rings is 1. The van der Waals surface area contributed by atoms with Gasteiger partial charge in [0, 0.05) is 11.3 Å². The van der Waals surface area contributed by atoms with Crippen molar-refractivity contribution >= 4 is 12.0 Å². The van der Waals surface area contributed by atoms with Gasteiger partial charge in [-0.3, -0.25) is 0 Å². The summed E-state index contributed by atoms with van der Waals surface area (Å²) in [6, 6.07) is 4.64. The van der Waals surface area contributed by atoms with E-state index in [2.05, 4.69) is 10.6 Å². The van der Waals surface area contributed by atoms with Crippen LogP contribution in [0, 0.1) is 6.92 Å². The zero-order valence-corrected chi connectivity index (χ0v) is 13.1. The molecule has 0 bridgehead atoms. The molecule has 2 amide bonds. The Bertz CT molecular complexity index is 637. The molecule has 1 heterocycles. The Morgan fingerprint density at radius 1 is 1.32 bits per heavy atom. The van der Waals surface area contributed by atoms with Gasteiger partial charge in [-0.2, -0.15) is 0 Å². The Hall–Kier alpha value is -2.50. The molecule has 6 nitrogen and oxygen atoms in total. The van der Waals surface area contributed by atoms with Gasteiger partial charge in [0.1, 0.15) is 5.75 Å². The van der Waals surface area contributed by atoms with Crippen LogP contribution in [0.4, 0.5) is 4.79 Å². The Labute approximate surface area is 129 Å². The van der Waals surface area contributed by atoms with Crippen molar-refractivity contribution in [3.63, 3.8) is 0 Å². The average molecular weight is 304 g/mol. The number of carbonyl (C=O) groups is 2. The number of esters is 1. The number of ether oxygens (including phenoxy) is 2. The molecule has 1 aromatic rings. The lowest BCUT2D eigenvalue weighted by Crippen LogP contribution is -2.45. The van der Waals surface area contributed by atoms with Gasteiger partial charge in [0.05, 0.1) is 25.3 Å². The highest BCUT2D eigenvalue weighted by molar-refractivity contribution is 5.95. The fraction of sp³-hybridized carbons (Fsp3) is 0.375. The molecule has 2 rings (SSSR count). The summed E-state index contributed by atoms with van der Waals surface area (Å²) in [7, 11) is 1.56. The van der Waals surface area contributed by atoms with Crippen LogP contribution in [0.3, 0.4) is 0 Å². The molecule has 0 aromatic heterocycles. The summed E-state index contributed by atoms with van der Waals surface area (Å²) in [4.78, 5) is 24.1. The van der Waals surface area contributed by atoms with E-state index in [0.717, 1.165) is 5.56 Å². The molecule has 2 N–H and O–H groups in total. The molecule has 118 valence electrons. The number of rotatable bonds is 4. The van der Waals surface area contributed by atoms with Crippen LogP contribution < -0.4 is 15.4 Å². The van der Waals surface area contributed by atoms with E-state index < -0.39 is 12.0 Å². The first-order valence-corrected chi connectivity index (χ1v) is 7.07. The molecule has 1 aliphatic heterocycles. The van der Waals surface area contributed by atoms with Gasteiger partial charge >= 0.3 is 12.0 Å². The summed E-state index contributed by atoms with van der Waals surface area (Å²) in [5, 5.41) is 5.36. The number of amides is 2. The predicted octanol–water partition coefficient (Wildman–Crippen LogP) is 2.19. The average Bonchev–Trinajstić information content (AvgIpc) is 2.46. The van der Waals surface area contributed by atoms with Gasteiger partial charge in [-0.15, -0.1) is 0 Å². The molecule has 22 heavy (non-hydrogen) atoms. The molecule has 0 spiro atoms. The normalized spacial score (nSPS) is 17.6. The van der Waals surface area contributed by atoms with Gasteiger partial charge in [0.25, 0.3) is 0 Å². The van der Waals surface area contributed by atoms with Crippen molar-refractivity contribution in [3.8, 4) is 5.75 Å². The lowest BCUT2D eigenvalue weighted by molar-refractivity contribution is -0.139. The Morgan fingerprint density at radius 3 is 2.68 bits per heavy atom. The van der Waals surface area contributed by atoms with Crippen molar-refractivity contribution in [2.75, 3.05) is 13.7 Å². The van der Waals surface area contributed by atoms with Crippen molar-refractivity contribution in [2.24, 2.45) is 0 Å². The first-order chi connectivity index (χ1) is 10.5. The second-order valence-corrected chi connectivity index (χ2v) is 5.04. The quantitative estimate of drug-likeness (QED) is 0.836. The lowest BCUT2D eigenvalue weighted by atomic mass is 9.94. The molecule has 1 aliphatic rings. The fourth-order valence-corrected chi connectivity index (χ4v) is 2.46. The van der Waals surface area contributed by atoms with Gasteiger partial charge in [0.2, 0.25) is 0 Å². The topological polar surface area (TPSA) is 76.7 Å². The van der Waals surface area contributed by atoms with Gasteiger partial charge in [0.15, 0.2) is 0 Å². The molecular weight excluding hydrogens is 284 g/mol. The third-order valence-corrected chi connectivity index (χ3v) is 3.46. The number of aryl methyl sites for hydroxylation is 1. The Balaban J connectivity index is 2.52. The summed E-state index contributed by atoms with van der Waals surface area (Å²) in [5.41, 5.74) is 2.60. The maximum atomic E-state index is 12.3. The fourth-order valence-electron chi connectivity index (χ4n) is 2.46. The van der Waals surface area contributed by atoms with Crippen LogP contribution in [0.2, 0.25) is 0 Å². The van der Waals surface area contributed by atoms with Crippen molar-refractivity contribution in [1.29, 1.82) is 0 Å². The molecule has 0 saturated heterocycles. The summed E-state index contributed by atoms with van der Waals surface area (Å²) < 4.78 is 10.5. The number of urea groups is 1. The highest BCUT2D eigenvalue weighted by Gasteiger charge is 2.33. The second kappa shape index (κ2) is 6.51. The van der Waals surface area contributed by atoms with Crippen molar-refractivity contribution in [2.45, 2.75) is 26.8 Å². The molecule has 0 aliphatic carbocycles. The summed E-state index contributed by atoms with van der Waals surface area (Å²) in [6.45, 7) is 5.63. The molecule has 1 unspecified atom stereocenters. The van der Waals surface area contributed by atoms with E-state index >= 15 is 0 Å². The standard InChI is InChI=1S/C16H20N2O4/c1-5-22-15(19)13-10(3)17-16(20)18-14(13)11-7-6-9(2)8-12(11)21-4/h6-8,14H,5H2,1-4H3,(H2,17,18,20). The van der Waals surface area contributed by atoms with Gasteiger partial charge in [-0.05, 0) is 32.4 Å². The van der Waals surface area contributed by atoms with Crippen LogP contribution in [0.5, 0.6) is 5.75 Å². The number of hydrogen-bond acceptors (Lipinski definition) is 4. The zero-order valence-electron chi connectivity index (χ0n) is 13.1. The number of nitrogens with one attached hydrogen (secondary N) is 2. The monoisotopic (exact) mass is 304 g/mol. The van der Waals surface area contributed by atoms with Crippen molar-refractivity contribution < 1.29 is 19.1 Å². The third-order valence-electron chi connectivity index (χ3n) is 3.46. The van der Waals surface area contributed by atoms with E-state index in [1.807, 2.05) is 25.1 Å². The minimum absolute atomic E-state index is 0.265. The Kier molecular flexibility index (Phi) is 4.70. The third kappa shape index (κ3) is 3.05. The minimum Gasteiger partial charge on any atom is -0.496 e. The summed E-state index contributed by atoms with van der Waals surface area (Å²) in [6.07, 6.45) is 0. The van der Waals surface area contributed by atoms with Gasteiger partial charge in [-0.1, -0.05) is 12.1 Å². The maximum Gasteiger partial charge on any atom is 0.338 e. The number of methoxy groups -OCH3 is 1. The first-order valence-electron chi connectivity index (χ1n) is 7.07. The van der Waals surface area contributed by atoms with Crippen LogP contribution in [-0.4, -0.2) is 25.7 Å². The molecular formula is C16H20N2O4. The van der Waals surface area contributed by atoms with Gasteiger partial charge < -0.3 is 20.1 Å². The second-order valence-electron chi connectivity index (χ2n) is 5.04. The van der Waals surface area contributed by atoms with E-state index in [0.29, 0.717) is 22.6 Å². The number of carbonyl (C=O) groups excluding carboxylic acids is 2. The van der Waals surface area contributed by atoms with Gasteiger partial charge in [-0.25, -0.2) is 9.59 Å². The molecule has 0 fully saturated rings. The summed E-state index contributed by atoms with van der Waals surface area (Å²) >= 11 is 0. The largest absolute Gasteiger partial charge is 0.496 e. The number of allylic oxidation sites excluding steroid dienone is 1. The minimum atomic E-state index is -0.608. The molecule has 1 aromatic carbocycles. The van der Waals surface area contributed by atoms with E-state index in [1.54, 1.807) is 21.0 Å². The molecule has 1 atom stereocenters. The zero-order chi connectivity index (χ0) is 16.3. The number of hydrogen-bond donors (Lipinski definition) is 2. The first kappa shape index (κ1) is 15.9. The van der Waals surface area contributed by atoms with Crippen LogP contribution in [0.1, 0.15) is 31.0 Å². The van der Waals surface area contributed by atoms with E-state index in [4.69, 9.17) is 9.47 Å². The van der Waals surface area contributed by atoms with Crippen LogP contribution >= 0.6 is 0 Å². The molecule has 0 saturated carbocycles. The van der Waals surface area contributed by atoms with Crippen molar-refractivity contribution in [1.82, 2.24) is 10.6 Å². The molecule has 0 radical (unpaired) electrons. The molecule has 6 heteroatoms. The highest BCUT2D eigenvalue weighted by atomic mass is 16.5. The predicted molar refractivity (Wildman–Crippen MR) is 81.5 cm³/mol. The highest BCUT2D eigenvalue weighted by Crippen LogP contribution is 2.34. The summed E-state index contributed by atoms with van der Waals surface area (Å²) in [5.74, 6) is 0.155. The van der Waals surface area contributed by atoms with E-state index in [-0.39, 0.29) is 12.6 Å². The maximum absolute atomic E-state index is 12.3. The van der Waals surface area contributed by atoms with E-state index in [1.165, 1.54) is 0 Å². The lowest BCUT2D eigenvalue weighted by Gasteiger charge is -2.29.